The van der Waals surface area contributed by atoms with Crippen molar-refractivity contribution >= 4 is 34.7 Å². The third kappa shape index (κ3) is 5.24. The molecule has 39 heavy (non-hydrogen) atoms. The van der Waals surface area contributed by atoms with Crippen molar-refractivity contribution in [1.29, 1.82) is 0 Å². The number of rotatable bonds is 1. The van der Waals surface area contributed by atoms with Gasteiger partial charge in [-0.2, -0.15) is 0 Å². The number of fused-ring (bicyclic) bond motifs is 3. The molecular formula is C31H31NO7. The van der Waals surface area contributed by atoms with E-state index in [4.69, 9.17) is 9.47 Å². The number of ether oxygens (including phenoxy) is 2. The summed E-state index contributed by atoms with van der Waals surface area (Å²) in [7, 11) is 1.66. The van der Waals surface area contributed by atoms with E-state index in [1.54, 1.807) is 32.2 Å². The molecule has 0 unspecified atom stereocenters. The van der Waals surface area contributed by atoms with Crippen molar-refractivity contribution in [2.75, 3.05) is 0 Å². The molecule has 0 aliphatic carbocycles. The van der Waals surface area contributed by atoms with Gasteiger partial charge in [-0.05, 0) is 61.8 Å². The van der Waals surface area contributed by atoms with Gasteiger partial charge in [0, 0.05) is 36.9 Å². The summed E-state index contributed by atoms with van der Waals surface area (Å²) >= 11 is 0. The van der Waals surface area contributed by atoms with E-state index < -0.39 is 24.0 Å². The summed E-state index contributed by atoms with van der Waals surface area (Å²) in [4.78, 5) is 51.6. The Bertz CT molecular complexity index is 1570. The number of hydrogen-bond donors (Lipinski definition) is 1. The molecule has 2 aliphatic heterocycles. The number of carbonyl (C=O) groups excluding carboxylic acids is 3. The molecule has 5 rings (SSSR count). The number of aryl methyl sites for hydroxylation is 1. The number of carbonyl (C=O) groups is 3. The number of hydrogen-bond acceptors (Lipinski definition) is 7. The van der Waals surface area contributed by atoms with Crippen LogP contribution in [-0.2, 0) is 21.4 Å². The maximum absolute atomic E-state index is 13.4. The number of phenols is 1. The fourth-order valence-corrected chi connectivity index (χ4v) is 5.48. The van der Waals surface area contributed by atoms with Crippen LogP contribution >= 0.6 is 0 Å². The minimum atomic E-state index is -0.817. The average Bonchev–Trinajstić information content (AvgIpc) is 2.89. The number of esters is 2. The van der Waals surface area contributed by atoms with Gasteiger partial charge in [0.2, 0.25) is 0 Å². The first-order valence-corrected chi connectivity index (χ1v) is 13.3. The third-order valence-corrected chi connectivity index (χ3v) is 7.51. The number of allylic oxidation sites excluding steroid dienone is 1. The first-order valence-electron chi connectivity index (χ1n) is 13.3. The zero-order chi connectivity index (χ0) is 27.7. The van der Waals surface area contributed by atoms with Crippen LogP contribution in [0.4, 0.5) is 0 Å². The second kappa shape index (κ2) is 10.9. The monoisotopic (exact) mass is 529 g/mol. The summed E-state index contributed by atoms with van der Waals surface area (Å²) in [5, 5.41) is 12.4. The number of nitrogens with zero attached hydrogens (tertiary/aromatic N) is 1. The quantitative estimate of drug-likeness (QED) is 0.342. The second-order valence-electron chi connectivity index (χ2n) is 10.3. The molecule has 2 aromatic carbocycles. The Morgan fingerprint density at radius 1 is 1.03 bits per heavy atom. The molecule has 0 amide bonds. The van der Waals surface area contributed by atoms with E-state index in [9.17, 15) is 24.3 Å². The predicted octanol–water partition coefficient (Wildman–Crippen LogP) is 5.17. The highest BCUT2D eigenvalue weighted by Gasteiger charge is 2.37. The van der Waals surface area contributed by atoms with Crippen LogP contribution in [0.2, 0.25) is 0 Å². The molecule has 0 spiro atoms. The second-order valence-corrected chi connectivity index (χ2v) is 10.3. The molecule has 2 atom stereocenters. The van der Waals surface area contributed by atoms with Crippen molar-refractivity contribution in [3.05, 3.63) is 75.1 Å². The molecule has 1 aromatic heterocycles. The van der Waals surface area contributed by atoms with Gasteiger partial charge in [0.05, 0.1) is 18.0 Å². The largest absolute Gasteiger partial charge is 0.507 e. The van der Waals surface area contributed by atoms with Crippen LogP contribution in [0.5, 0.6) is 11.5 Å². The van der Waals surface area contributed by atoms with Crippen molar-refractivity contribution < 1.29 is 29.0 Å². The SMILES string of the molecule is C[C@H]1CCCC(=O)CCC/C=C/c2cc3c(c(O)c2C(=O)O1)[C@H](c1cc2ccccc2n(C)c1=O)CC(=O)O3. The van der Waals surface area contributed by atoms with Gasteiger partial charge in [-0.1, -0.05) is 30.4 Å². The Morgan fingerprint density at radius 3 is 2.62 bits per heavy atom. The molecule has 3 aromatic rings. The highest BCUT2D eigenvalue weighted by atomic mass is 16.5. The standard InChI is InChI=1S/C31H31NO7/c1-18-9-8-13-21(33)12-5-3-4-11-20-16-25-28(29(35)27(20)31(37)38-18)22(17-26(34)39-25)23-15-19-10-6-7-14-24(19)32(2)30(23)36/h4,6-7,10-11,14-16,18,22,35H,3,5,8-9,12-13,17H2,1-2H3/b11-4+/t18-,22-/m0/s1. The fraction of sp³-hybridized carbons (Fsp3) is 0.355. The molecule has 202 valence electrons. The van der Waals surface area contributed by atoms with Gasteiger partial charge in [-0.25, -0.2) is 4.79 Å². The van der Waals surface area contributed by atoms with Gasteiger partial charge in [-0.3, -0.25) is 14.4 Å². The molecule has 1 N–H and O–H groups in total. The van der Waals surface area contributed by atoms with E-state index in [1.165, 1.54) is 4.57 Å². The van der Waals surface area contributed by atoms with Crippen LogP contribution < -0.4 is 10.3 Å². The summed E-state index contributed by atoms with van der Waals surface area (Å²) < 4.78 is 12.7. The first kappa shape index (κ1) is 26.4. The van der Waals surface area contributed by atoms with Gasteiger partial charge >= 0.3 is 11.9 Å². The van der Waals surface area contributed by atoms with Crippen LogP contribution in [-0.4, -0.2) is 33.5 Å². The Hall–Kier alpha value is -4.20. The van der Waals surface area contributed by atoms with Crippen molar-refractivity contribution in [1.82, 2.24) is 4.57 Å². The van der Waals surface area contributed by atoms with E-state index in [-0.39, 0.29) is 40.4 Å². The zero-order valence-electron chi connectivity index (χ0n) is 22.1. The molecule has 0 fully saturated rings. The lowest BCUT2D eigenvalue weighted by molar-refractivity contribution is -0.135. The van der Waals surface area contributed by atoms with E-state index in [0.29, 0.717) is 49.7 Å². The Balaban J connectivity index is 1.67. The van der Waals surface area contributed by atoms with Crippen molar-refractivity contribution in [3.8, 4) is 11.5 Å². The Labute approximate surface area is 225 Å². The van der Waals surface area contributed by atoms with Crippen molar-refractivity contribution in [3.63, 3.8) is 0 Å². The number of phenolic OH excluding ortho intramolecular Hbond substituents is 1. The number of cyclic esters (lactones) is 1. The van der Waals surface area contributed by atoms with Gasteiger partial charge < -0.3 is 19.1 Å². The Morgan fingerprint density at radius 2 is 1.79 bits per heavy atom. The summed E-state index contributed by atoms with van der Waals surface area (Å²) in [5.41, 5.74) is 1.28. The van der Waals surface area contributed by atoms with E-state index in [1.807, 2.05) is 30.3 Å². The van der Waals surface area contributed by atoms with Gasteiger partial charge in [0.1, 0.15) is 22.8 Å². The highest BCUT2D eigenvalue weighted by Crippen LogP contribution is 2.46. The van der Waals surface area contributed by atoms with Crippen molar-refractivity contribution in [2.24, 2.45) is 7.05 Å². The number of Topliss-reactive ketones (excluding diaryl/α,β-unsaturated/α-hetero) is 1. The average molecular weight is 530 g/mol. The minimum absolute atomic E-state index is 0.0365. The lowest BCUT2D eigenvalue weighted by atomic mass is 9.83. The molecule has 0 saturated carbocycles. The fourth-order valence-electron chi connectivity index (χ4n) is 5.48. The number of para-hydroxylation sites is 1. The number of aromatic nitrogens is 1. The molecular weight excluding hydrogens is 498 g/mol. The number of pyridine rings is 1. The lowest BCUT2D eigenvalue weighted by Gasteiger charge is -2.27. The zero-order valence-corrected chi connectivity index (χ0v) is 22.1. The number of ketones is 1. The first-order chi connectivity index (χ1) is 18.7. The van der Waals surface area contributed by atoms with Gasteiger partial charge in [0.25, 0.3) is 5.56 Å². The molecule has 0 saturated heterocycles. The summed E-state index contributed by atoms with van der Waals surface area (Å²) in [6.45, 7) is 1.75. The topological polar surface area (TPSA) is 112 Å². The summed E-state index contributed by atoms with van der Waals surface area (Å²) in [5.74, 6) is -2.15. The third-order valence-electron chi connectivity index (χ3n) is 7.51. The smallest absolute Gasteiger partial charge is 0.342 e. The molecule has 0 radical (unpaired) electrons. The van der Waals surface area contributed by atoms with Crippen LogP contribution in [0, 0.1) is 0 Å². The summed E-state index contributed by atoms with van der Waals surface area (Å²) in [6.07, 6.45) is 6.16. The molecule has 8 nitrogen and oxygen atoms in total. The molecule has 8 heteroatoms. The Kier molecular flexibility index (Phi) is 7.37. The maximum Gasteiger partial charge on any atom is 0.342 e. The highest BCUT2D eigenvalue weighted by molar-refractivity contribution is 5.98. The van der Waals surface area contributed by atoms with Crippen LogP contribution in [0.3, 0.4) is 0 Å². The normalized spacial score (nSPS) is 21.3. The number of benzene rings is 2. The van der Waals surface area contributed by atoms with Crippen molar-refractivity contribution in [2.45, 2.75) is 63.9 Å². The van der Waals surface area contributed by atoms with Crippen LogP contribution in [0.25, 0.3) is 17.0 Å². The van der Waals surface area contributed by atoms with E-state index in [0.717, 1.165) is 10.9 Å². The predicted molar refractivity (Wildman–Crippen MR) is 146 cm³/mol. The van der Waals surface area contributed by atoms with E-state index in [2.05, 4.69) is 0 Å². The summed E-state index contributed by atoms with van der Waals surface area (Å²) in [6, 6.07) is 10.7. The van der Waals surface area contributed by atoms with Crippen LogP contribution in [0.1, 0.15) is 84.8 Å². The van der Waals surface area contributed by atoms with Gasteiger partial charge in [-0.15, -0.1) is 0 Å². The maximum atomic E-state index is 13.4. The minimum Gasteiger partial charge on any atom is -0.507 e. The molecule has 0 bridgehead atoms. The molecule has 3 heterocycles. The number of aromatic hydroxyl groups is 1. The lowest BCUT2D eigenvalue weighted by Crippen LogP contribution is -2.29. The van der Waals surface area contributed by atoms with Crippen LogP contribution in [0.15, 0.2) is 47.3 Å². The molecule has 2 aliphatic rings. The van der Waals surface area contributed by atoms with E-state index >= 15 is 0 Å². The van der Waals surface area contributed by atoms with Gasteiger partial charge in [0.15, 0.2) is 0 Å².